The predicted molar refractivity (Wildman–Crippen MR) is 127 cm³/mol. The van der Waals surface area contributed by atoms with Crippen LogP contribution in [0.1, 0.15) is 56.9 Å². The average Bonchev–Trinajstić information content (AvgIpc) is 3.52. The van der Waals surface area contributed by atoms with Crippen molar-refractivity contribution in [3.63, 3.8) is 0 Å². The van der Waals surface area contributed by atoms with Crippen LogP contribution < -0.4 is 5.32 Å². The van der Waals surface area contributed by atoms with Gasteiger partial charge in [-0.15, -0.1) is 11.3 Å². The van der Waals surface area contributed by atoms with E-state index in [1.807, 2.05) is 4.90 Å². The van der Waals surface area contributed by atoms with Gasteiger partial charge in [0.2, 0.25) is 11.8 Å². The zero-order valence-corrected chi connectivity index (χ0v) is 19.4. The standard InChI is InChI=1S/C26H34N2O2S/c1-27-25(30)26(19-21-9-4-5-10-22(21)23-11-6-18-31-23)14-16-28(17-15-26)24(29)13-12-20-7-2-3-8-20/h4-6,9-11,18,20H,2-3,7-8,12-17,19H2,1H3,(H,27,30). The summed E-state index contributed by atoms with van der Waals surface area (Å²) in [5, 5.41) is 5.01. The Balaban J connectivity index is 1.44. The molecule has 1 saturated heterocycles. The van der Waals surface area contributed by atoms with Gasteiger partial charge in [-0.1, -0.05) is 56.0 Å². The van der Waals surface area contributed by atoms with Crippen LogP contribution in [0.25, 0.3) is 10.4 Å². The summed E-state index contributed by atoms with van der Waals surface area (Å²) < 4.78 is 0. The zero-order chi connectivity index (χ0) is 21.7. The molecule has 2 aliphatic rings. The normalized spacial score (nSPS) is 18.8. The summed E-state index contributed by atoms with van der Waals surface area (Å²) in [4.78, 5) is 29.1. The smallest absolute Gasteiger partial charge is 0.226 e. The van der Waals surface area contributed by atoms with Crippen LogP contribution in [0.5, 0.6) is 0 Å². The second-order valence-electron chi connectivity index (χ2n) is 9.24. The van der Waals surface area contributed by atoms with E-state index >= 15 is 0 Å². The molecule has 4 rings (SSSR count). The first-order valence-electron chi connectivity index (χ1n) is 11.7. The molecule has 1 aliphatic heterocycles. The average molecular weight is 439 g/mol. The lowest BCUT2D eigenvalue weighted by Crippen LogP contribution is -2.50. The maximum Gasteiger partial charge on any atom is 0.226 e. The second-order valence-corrected chi connectivity index (χ2v) is 10.2. The van der Waals surface area contributed by atoms with E-state index in [2.05, 4.69) is 47.1 Å². The number of carbonyl (C=O) groups excluding carboxylic acids is 2. The van der Waals surface area contributed by atoms with Crippen LogP contribution in [0.15, 0.2) is 41.8 Å². The summed E-state index contributed by atoms with van der Waals surface area (Å²) in [6, 6.07) is 12.6. The summed E-state index contributed by atoms with van der Waals surface area (Å²) in [6.07, 6.45) is 9.08. The van der Waals surface area contributed by atoms with Gasteiger partial charge in [-0.05, 0) is 54.2 Å². The molecule has 0 atom stereocenters. The number of thiophene rings is 1. The van der Waals surface area contributed by atoms with Crippen LogP contribution in [-0.4, -0.2) is 36.9 Å². The SMILES string of the molecule is CNC(=O)C1(Cc2ccccc2-c2cccs2)CCN(C(=O)CCC2CCCC2)CC1. The third-order valence-corrected chi connectivity index (χ3v) is 8.26. The number of piperidine rings is 1. The van der Waals surface area contributed by atoms with Crippen LogP contribution in [0.2, 0.25) is 0 Å². The molecule has 0 spiro atoms. The van der Waals surface area contributed by atoms with E-state index in [1.54, 1.807) is 18.4 Å². The zero-order valence-electron chi connectivity index (χ0n) is 18.6. The van der Waals surface area contributed by atoms with Crippen LogP contribution in [0, 0.1) is 11.3 Å². The molecule has 31 heavy (non-hydrogen) atoms. The number of nitrogens with zero attached hydrogens (tertiary/aromatic N) is 1. The van der Waals surface area contributed by atoms with Gasteiger partial charge in [0.05, 0.1) is 5.41 Å². The molecule has 2 fully saturated rings. The lowest BCUT2D eigenvalue weighted by Gasteiger charge is -2.41. The van der Waals surface area contributed by atoms with Gasteiger partial charge in [-0.2, -0.15) is 0 Å². The number of nitrogens with one attached hydrogen (secondary N) is 1. The molecule has 1 aromatic heterocycles. The summed E-state index contributed by atoms with van der Waals surface area (Å²) in [5.41, 5.74) is 1.98. The minimum atomic E-state index is -0.454. The van der Waals surface area contributed by atoms with Crippen molar-refractivity contribution in [2.45, 2.75) is 57.8 Å². The summed E-state index contributed by atoms with van der Waals surface area (Å²) in [7, 11) is 1.73. The van der Waals surface area contributed by atoms with E-state index in [4.69, 9.17) is 0 Å². The number of rotatable bonds is 7. The Hall–Kier alpha value is -2.14. The quantitative estimate of drug-likeness (QED) is 0.639. The van der Waals surface area contributed by atoms with E-state index in [0.717, 1.165) is 25.2 Å². The Kier molecular flexibility index (Phi) is 7.11. The number of likely N-dealkylation sites (tertiary alicyclic amines) is 1. The van der Waals surface area contributed by atoms with Crippen molar-refractivity contribution < 1.29 is 9.59 Å². The van der Waals surface area contributed by atoms with E-state index in [-0.39, 0.29) is 11.8 Å². The Morgan fingerprint density at radius 2 is 1.84 bits per heavy atom. The van der Waals surface area contributed by atoms with Crippen LogP contribution in [-0.2, 0) is 16.0 Å². The Bertz CT molecular complexity index is 879. The molecule has 1 aromatic carbocycles. The summed E-state index contributed by atoms with van der Waals surface area (Å²) in [5.74, 6) is 1.12. The number of carbonyl (C=O) groups is 2. The van der Waals surface area contributed by atoms with Crippen molar-refractivity contribution in [1.29, 1.82) is 0 Å². The fourth-order valence-electron chi connectivity index (χ4n) is 5.43. The molecular weight excluding hydrogens is 404 g/mol. The first-order chi connectivity index (χ1) is 15.1. The number of amides is 2. The Morgan fingerprint density at radius 1 is 1.10 bits per heavy atom. The maximum atomic E-state index is 13.1. The van der Waals surface area contributed by atoms with E-state index in [9.17, 15) is 9.59 Å². The largest absolute Gasteiger partial charge is 0.359 e. The van der Waals surface area contributed by atoms with Crippen molar-refractivity contribution >= 4 is 23.2 Å². The molecule has 2 heterocycles. The molecule has 1 aliphatic carbocycles. The van der Waals surface area contributed by atoms with Gasteiger partial charge in [-0.3, -0.25) is 9.59 Å². The highest BCUT2D eigenvalue weighted by molar-refractivity contribution is 7.13. The summed E-state index contributed by atoms with van der Waals surface area (Å²) in [6.45, 7) is 1.36. The molecule has 1 N–H and O–H groups in total. The Labute approximate surface area is 190 Å². The molecule has 0 radical (unpaired) electrons. The van der Waals surface area contributed by atoms with E-state index in [1.165, 1.54) is 41.7 Å². The van der Waals surface area contributed by atoms with Crippen molar-refractivity contribution in [2.24, 2.45) is 11.3 Å². The molecule has 4 nitrogen and oxygen atoms in total. The third-order valence-electron chi connectivity index (χ3n) is 7.36. The van der Waals surface area contributed by atoms with Gasteiger partial charge in [0.25, 0.3) is 0 Å². The van der Waals surface area contributed by atoms with Gasteiger partial charge < -0.3 is 10.2 Å². The highest BCUT2D eigenvalue weighted by Gasteiger charge is 2.42. The summed E-state index contributed by atoms with van der Waals surface area (Å²) >= 11 is 1.73. The molecule has 0 bridgehead atoms. The molecule has 2 amide bonds. The van der Waals surface area contributed by atoms with Gasteiger partial charge in [-0.25, -0.2) is 0 Å². The topological polar surface area (TPSA) is 49.4 Å². The molecule has 1 saturated carbocycles. The first-order valence-corrected chi connectivity index (χ1v) is 12.6. The number of hydrogen-bond donors (Lipinski definition) is 1. The van der Waals surface area contributed by atoms with E-state index in [0.29, 0.717) is 25.9 Å². The van der Waals surface area contributed by atoms with Crippen molar-refractivity contribution in [3.05, 3.63) is 47.3 Å². The van der Waals surface area contributed by atoms with Crippen molar-refractivity contribution in [1.82, 2.24) is 10.2 Å². The van der Waals surface area contributed by atoms with Gasteiger partial charge in [0, 0.05) is 31.4 Å². The number of hydrogen-bond acceptors (Lipinski definition) is 3. The van der Waals surface area contributed by atoms with Gasteiger partial charge in [0.1, 0.15) is 0 Å². The highest BCUT2D eigenvalue weighted by atomic mass is 32.1. The van der Waals surface area contributed by atoms with Crippen LogP contribution in [0.3, 0.4) is 0 Å². The second kappa shape index (κ2) is 9.99. The minimum Gasteiger partial charge on any atom is -0.359 e. The van der Waals surface area contributed by atoms with E-state index < -0.39 is 5.41 Å². The lowest BCUT2D eigenvalue weighted by atomic mass is 9.72. The lowest BCUT2D eigenvalue weighted by molar-refractivity contribution is -0.140. The van der Waals surface area contributed by atoms with Crippen molar-refractivity contribution in [3.8, 4) is 10.4 Å². The fraction of sp³-hybridized carbons (Fsp3) is 0.538. The minimum absolute atomic E-state index is 0.103. The first kappa shape index (κ1) is 22.1. The molecule has 2 aromatic rings. The van der Waals surface area contributed by atoms with Crippen LogP contribution >= 0.6 is 11.3 Å². The molecule has 166 valence electrons. The Morgan fingerprint density at radius 3 is 2.52 bits per heavy atom. The van der Waals surface area contributed by atoms with Gasteiger partial charge >= 0.3 is 0 Å². The predicted octanol–water partition coefficient (Wildman–Crippen LogP) is 5.28. The van der Waals surface area contributed by atoms with Crippen molar-refractivity contribution in [2.75, 3.05) is 20.1 Å². The monoisotopic (exact) mass is 438 g/mol. The maximum absolute atomic E-state index is 13.1. The molecular formula is C26H34N2O2S. The fourth-order valence-corrected chi connectivity index (χ4v) is 6.22. The molecule has 5 heteroatoms. The van der Waals surface area contributed by atoms with Crippen LogP contribution in [0.4, 0.5) is 0 Å². The highest BCUT2D eigenvalue weighted by Crippen LogP contribution is 2.39. The molecule has 0 unspecified atom stereocenters. The van der Waals surface area contributed by atoms with Gasteiger partial charge in [0.15, 0.2) is 0 Å². The number of benzene rings is 1. The third kappa shape index (κ3) is 5.03.